The number of allylic oxidation sites excluding steroid dienone is 1. The molecule has 228 valence electrons. The maximum absolute atomic E-state index is 12.7. The molecule has 0 bridgehead atoms. The number of aryl methyl sites for hydroxylation is 2. The summed E-state index contributed by atoms with van der Waals surface area (Å²) in [6.45, 7) is 19.0. The highest BCUT2D eigenvalue weighted by Gasteiger charge is 2.13. The third kappa shape index (κ3) is 13.4. The highest BCUT2D eigenvalue weighted by molar-refractivity contribution is 6.13. The molecule has 0 atom stereocenters. The molecule has 41 heavy (non-hydrogen) atoms. The number of carbonyl (C=O) groups excluding carboxylic acids is 2. The van der Waals surface area contributed by atoms with E-state index in [0.717, 1.165) is 40.7 Å². The van der Waals surface area contributed by atoms with Crippen molar-refractivity contribution in [1.29, 1.82) is 0 Å². The van der Waals surface area contributed by atoms with Crippen LogP contribution in [0.25, 0.3) is 16.5 Å². The van der Waals surface area contributed by atoms with Crippen molar-refractivity contribution in [3.05, 3.63) is 77.2 Å². The van der Waals surface area contributed by atoms with Crippen molar-refractivity contribution in [2.45, 2.75) is 87.0 Å². The van der Waals surface area contributed by atoms with E-state index in [1.165, 1.54) is 44.2 Å². The van der Waals surface area contributed by atoms with Crippen LogP contribution < -0.4 is 0 Å². The molecule has 0 aliphatic heterocycles. The summed E-state index contributed by atoms with van der Waals surface area (Å²) in [5.41, 5.74) is 5.11. The maximum Gasteiger partial charge on any atom is 0.160 e. The van der Waals surface area contributed by atoms with Gasteiger partial charge in [-0.1, -0.05) is 79.0 Å². The molecular formula is C36H55FN2O2. The molecule has 0 fully saturated rings. The molecule has 0 radical (unpaired) electrons. The molecule has 0 aliphatic carbocycles. The van der Waals surface area contributed by atoms with Crippen molar-refractivity contribution >= 4 is 28.5 Å². The fourth-order valence-corrected chi connectivity index (χ4v) is 4.80. The quantitative estimate of drug-likeness (QED) is 0.132. The fourth-order valence-electron chi connectivity index (χ4n) is 4.80. The first-order valence-electron chi connectivity index (χ1n) is 15.1. The van der Waals surface area contributed by atoms with Gasteiger partial charge in [0.2, 0.25) is 0 Å². The van der Waals surface area contributed by atoms with Gasteiger partial charge in [-0.3, -0.25) is 9.59 Å². The third-order valence-electron chi connectivity index (χ3n) is 6.71. The molecule has 0 aliphatic rings. The van der Waals surface area contributed by atoms with E-state index in [2.05, 4.69) is 46.3 Å². The Morgan fingerprint density at radius 2 is 1.56 bits per heavy atom. The van der Waals surface area contributed by atoms with Gasteiger partial charge in [-0.05, 0) is 88.6 Å². The number of Topliss-reactive ketones (excluding diaryl/α,β-unsaturated/α-hetero) is 1. The average molecular weight is 567 g/mol. The van der Waals surface area contributed by atoms with Crippen LogP contribution in [0.4, 0.5) is 4.39 Å². The highest BCUT2D eigenvalue weighted by atomic mass is 19.1. The van der Waals surface area contributed by atoms with E-state index in [-0.39, 0.29) is 11.6 Å². The first-order chi connectivity index (χ1) is 19.5. The summed E-state index contributed by atoms with van der Waals surface area (Å²) in [5.74, 6) is 0.660. The van der Waals surface area contributed by atoms with Gasteiger partial charge < -0.3 is 9.47 Å². The molecule has 0 unspecified atom stereocenters. The minimum Gasteiger partial charge on any atom is -0.350 e. The van der Waals surface area contributed by atoms with Gasteiger partial charge in [-0.25, -0.2) is 4.39 Å². The van der Waals surface area contributed by atoms with Gasteiger partial charge in [0, 0.05) is 40.8 Å². The first-order valence-corrected chi connectivity index (χ1v) is 15.1. The molecule has 3 aromatic rings. The van der Waals surface area contributed by atoms with Crippen molar-refractivity contribution in [2.24, 2.45) is 13.0 Å². The van der Waals surface area contributed by atoms with E-state index in [4.69, 9.17) is 0 Å². The lowest BCUT2D eigenvalue weighted by molar-refractivity contribution is -0.103. The Morgan fingerprint density at radius 3 is 1.98 bits per heavy atom. The zero-order valence-electron chi connectivity index (χ0n) is 27.4. The number of rotatable bonds is 11. The molecule has 0 N–H and O–H groups in total. The lowest BCUT2D eigenvalue weighted by Crippen LogP contribution is -2.11. The molecule has 1 heterocycles. The van der Waals surface area contributed by atoms with Gasteiger partial charge >= 0.3 is 0 Å². The summed E-state index contributed by atoms with van der Waals surface area (Å²) in [5, 5.41) is 0.894. The Bertz CT molecular complexity index is 1190. The van der Waals surface area contributed by atoms with Crippen molar-refractivity contribution in [2.75, 3.05) is 20.6 Å². The van der Waals surface area contributed by atoms with Crippen molar-refractivity contribution < 1.29 is 14.0 Å². The van der Waals surface area contributed by atoms with Crippen LogP contribution in [0.15, 0.2) is 49.2 Å². The van der Waals surface area contributed by atoms with E-state index in [0.29, 0.717) is 11.1 Å². The Balaban J connectivity index is 0.000000629. The molecule has 0 spiro atoms. The van der Waals surface area contributed by atoms with Crippen molar-refractivity contribution in [3.63, 3.8) is 0 Å². The van der Waals surface area contributed by atoms with Crippen LogP contribution in [0.3, 0.4) is 0 Å². The van der Waals surface area contributed by atoms with Crippen LogP contribution in [0, 0.1) is 18.7 Å². The SMILES string of the molecule is C=C(C=O)c1cn(C)c2cc(C)c(C(C)=O)cc12.CC.CCCC(CCC)Cc1ccc(F)cc1.CCCN(C)C. The summed E-state index contributed by atoms with van der Waals surface area (Å²) in [7, 11) is 6.09. The second-order valence-electron chi connectivity index (χ2n) is 10.6. The van der Waals surface area contributed by atoms with Gasteiger partial charge in [0.05, 0.1) is 0 Å². The number of ketones is 1. The Hall–Kier alpha value is -3.05. The summed E-state index contributed by atoms with van der Waals surface area (Å²) in [6, 6.07) is 10.8. The summed E-state index contributed by atoms with van der Waals surface area (Å²) in [4.78, 5) is 24.6. The number of hydrogen-bond donors (Lipinski definition) is 0. The number of aromatic nitrogens is 1. The van der Waals surface area contributed by atoms with Crippen molar-refractivity contribution in [3.8, 4) is 0 Å². The highest BCUT2D eigenvalue weighted by Crippen LogP contribution is 2.28. The topological polar surface area (TPSA) is 42.3 Å². The van der Waals surface area contributed by atoms with Crippen LogP contribution in [0.5, 0.6) is 0 Å². The second kappa shape index (κ2) is 20.8. The number of fused-ring (bicyclic) bond motifs is 1. The molecule has 4 nitrogen and oxygen atoms in total. The summed E-state index contributed by atoms with van der Waals surface area (Å²) < 4.78 is 14.7. The van der Waals surface area contributed by atoms with Crippen LogP contribution in [-0.2, 0) is 18.3 Å². The number of carbonyl (C=O) groups is 2. The molecule has 0 saturated carbocycles. The standard InChI is InChI=1S/C15H15NO2.C14H21F.C5H13N.C2H6/c1-9-5-15-13(6-12(9)11(3)18)14(7-16(15)4)10(2)8-17;1-3-5-12(6-4-2)11-13-7-9-14(15)10-8-13;1-4-5-6(2)3;1-2/h5-8H,2H2,1,3-4H3;7-10,12H,3-6,11H2,1-2H3;4-5H2,1-3H3;1-2H3. The van der Waals surface area contributed by atoms with Gasteiger partial charge in [-0.15, -0.1) is 0 Å². The lowest BCUT2D eigenvalue weighted by Gasteiger charge is -2.14. The number of halogens is 1. The van der Waals surface area contributed by atoms with Crippen LogP contribution in [0.1, 0.15) is 101 Å². The van der Waals surface area contributed by atoms with Crippen LogP contribution in [0.2, 0.25) is 0 Å². The molecular weight excluding hydrogens is 511 g/mol. The Labute approximate surface area is 249 Å². The third-order valence-corrected chi connectivity index (χ3v) is 6.71. The molecule has 3 rings (SSSR count). The summed E-state index contributed by atoms with van der Waals surface area (Å²) in [6.07, 6.45) is 10.0. The van der Waals surface area contributed by atoms with E-state index in [1.807, 2.05) is 62.8 Å². The average Bonchev–Trinajstić information content (AvgIpc) is 3.26. The largest absolute Gasteiger partial charge is 0.350 e. The molecule has 0 amide bonds. The number of nitrogens with zero attached hydrogens (tertiary/aromatic N) is 2. The Morgan fingerprint density at radius 1 is 1.00 bits per heavy atom. The zero-order chi connectivity index (χ0) is 31.5. The Kier molecular flexibility index (Phi) is 19.2. The van der Waals surface area contributed by atoms with Gasteiger partial charge in [0.1, 0.15) is 12.1 Å². The zero-order valence-corrected chi connectivity index (χ0v) is 27.4. The van der Waals surface area contributed by atoms with Gasteiger partial charge in [0.25, 0.3) is 0 Å². The number of hydrogen-bond acceptors (Lipinski definition) is 3. The molecule has 2 aromatic carbocycles. The molecule has 0 saturated heterocycles. The van der Waals surface area contributed by atoms with Crippen LogP contribution in [-0.4, -0.2) is 42.2 Å². The normalized spacial score (nSPS) is 10.3. The number of benzene rings is 2. The van der Waals surface area contributed by atoms with Crippen LogP contribution >= 0.6 is 0 Å². The van der Waals surface area contributed by atoms with E-state index in [1.54, 1.807) is 19.1 Å². The first kappa shape index (κ1) is 38.0. The minimum atomic E-state index is -0.138. The van der Waals surface area contributed by atoms with E-state index >= 15 is 0 Å². The predicted molar refractivity (Wildman–Crippen MR) is 176 cm³/mol. The second-order valence-corrected chi connectivity index (χ2v) is 10.6. The van der Waals surface area contributed by atoms with E-state index in [9.17, 15) is 14.0 Å². The van der Waals surface area contributed by atoms with E-state index < -0.39 is 0 Å². The minimum absolute atomic E-state index is 0.0286. The summed E-state index contributed by atoms with van der Waals surface area (Å²) >= 11 is 0. The fraction of sp³-hybridized carbons (Fsp3) is 0.500. The maximum atomic E-state index is 12.7. The molecule has 1 aromatic heterocycles. The van der Waals surface area contributed by atoms with Gasteiger partial charge in [0.15, 0.2) is 5.78 Å². The molecule has 5 heteroatoms. The number of aldehydes is 1. The lowest BCUT2D eigenvalue weighted by atomic mass is 9.91. The smallest absolute Gasteiger partial charge is 0.160 e. The van der Waals surface area contributed by atoms with Crippen molar-refractivity contribution in [1.82, 2.24) is 9.47 Å². The van der Waals surface area contributed by atoms with Gasteiger partial charge in [-0.2, -0.15) is 0 Å². The predicted octanol–water partition coefficient (Wildman–Crippen LogP) is 9.47. The monoisotopic (exact) mass is 566 g/mol.